The minimum absolute atomic E-state index is 0.109. The number of ether oxygens (including phenoxy) is 1. The van der Waals surface area contributed by atoms with Gasteiger partial charge in [0.2, 0.25) is 0 Å². The minimum atomic E-state index is -0.169. The molecule has 3 aromatic rings. The molecular weight excluding hydrogens is 448 g/mol. The second-order valence-electron chi connectivity index (χ2n) is 9.94. The minimum Gasteiger partial charge on any atom is -0.379 e. The lowest BCUT2D eigenvalue weighted by atomic mass is 9.85. The highest BCUT2D eigenvalue weighted by Crippen LogP contribution is 2.45. The zero-order valence-corrected chi connectivity index (χ0v) is 20.4. The maximum absolute atomic E-state index is 13.7. The van der Waals surface area contributed by atoms with Gasteiger partial charge in [-0.3, -0.25) is 9.69 Å². The Hall–Kier alpha value is -2.85. The molecular formula is C27H29ClN4O2. The molecule has 1 aliphatic carbocycles. The van der Waals surface area contributed by atoms with Gasteiger partial charge in [0.15, 0.2) is 0 Å². The summed E-state index contributed by atoms with van der Waals surface area (Å²) in [6.07, 6.45) is 0.856. The van der Waals surface area contributed by atoms with Gasteiger partial charge in [0, 0.05) is 42.1 Å². The molecule has 1 amide bonds. The summed E-state index contributed by atoms with van der Waals surface area (Å²) in [5.41, 5.74) is 4.32. The van der Waals surface area contributed by atoms with Crippen molar-refractivity contribution in [2.45, 2.75) is 32.9 Å². The molecule has 2 heterocycles. The number of hydrogen-bond acceptors (Lipinski definition) is 4. The van der Waals surface area contributed by atoms with E-state index in [0.29, 0.717) is 22.8 Å². The second kappa shape index (κ2) is 9.07. The third-order valence-electron chi connectivity index (χ3n) is 7.13. The van der Waals surface area contributed by atoms with Crippen LogP contribution in [-0.2, 0) is 17.7 Å². The normalized spacial score (nSPS) is 19.6. The van der Waals surface area contributed by atoms with Crippen LogP contribution in [0.2, 0.25) is 5.02 Å². The number of halogens is 1. The van der Waals surface area contributed by atoms with Crippen LogP contribution >= 0.6 is 11.6 Å². The van der Waals surface area contributed by atoms with Gasteiger partial charge in [-0.2, -0.15) is 5.26 Å². The maximum Gasteiger partial charge on any atom is 0.268 e. The summed E-state index contributed by atoms with van der Waals surface area (Å²) in [6, 6.07) is 15.6. The lowest BCUT2D eigenvalue weighted by molar-refractivity contribution is 0.0364. The lowest BCUT2D eigenvalue weighted by Crippen LogP contribution is -2.39. The van der Waals surface area contributed by atoms with E-state index in [-0.39, 0.29) is 17.4 Å². The van der Waals surface area contributed by atoms with Crippen molar-refractivity contribution in [2.75, 3.05) is 32.8 Å². The van der Waals surface area contributed by atoms with Gasteiger partial charge in [0.05, 0.1) is 30.9 Å². The third-order valence-corrected chi connectivity index (χ3v) is 7.36. The van der Waals surface area contributed by atoms with Gasteiger partial charge in [-0.15, -0.1) is 0 Å². The molecule has 2 aliphatic rings. The van der Waals surface area contributed by atoms with Gasteiger partial charge in [0.1, 0.15) is 5.69 Å². The highest BCUT2D eigenvalue weighted by molar-refractivity contribution is 6.31. The Balaban J connectivity index is 1.46. The number of morpholine rings is 1. The zero-order valence-electron chi connectivity index (χ0n) is 19.6. The highest BCUT2D eigenvalue weighted by atomic mass is 35.5. The van der Waals surface area contributed by atoms with E-state index in [1.807, 2.05) is 42.5 Å². The molecule has 1 fully saturated rings. The SMILES string of the molecule is CC1(C)Cc2ccc(C#N)cc2[C@@H]1NC(=O)c1cc2cc(Cl)ccc2n1CCN1CCOCC1. The molecule has 1 aliphatic heterocycles. The van der Waals surface area contributed by atoms with Crippen molar-refractivity contribution in [1.29, 1.82) is 5.26 Å². The molecule has 5 rings (SSSR count). The summed E-state index contributed by atoms with van der Waals surface area (Å²) in [6.45, 7) is 9.18. The number of nitrogens with zero attached hydrogens (tertiary/aromatic N) is 3. The number of fused-ring (bicyclic) bond motifs is 2. The molecule has 6 nitrogen and oxygen atoms in total. The zero-order chi connectivity index (χ0) is 23.9. The Morgan fingerprint density at radius 3 is 2.74 bits per heavy atom. The Morgan fingerprint density at radius 2 is 1.97 bits per heavy atom. The van der Waals surface area contributed by atoms with Gasteiger partial charge < -0.3 is 14.6 Å². The smallest absolute Gasteiger partial charge is 0.268 e. The van der Waals surface area contributed by atoms with Gasteiger partial charge in [0.25, 0.3) is 5.91 Å². The molecule has 0 bridgehead atoms. The number of benzene rings is 2. The topological polar surface area (TPSA) is 70.3 Å². The van der Waals surface area contributed by atoms with Crippen LogP contribution in [0.15, 0.2) is 42.5 Å². The van der Waals surface area contributed by atoms with Crippen molar-refractivity contribution in [3.05, 3.63) is 69.9 Å². The fourth-order valence-corrected chi connectivity index (χ4v) is 5.50. The quantitative estimate of drug-likeness (QED) is 0.586. The molecule has 2 aromatic carbocycles. The fraction of sp³-hybridized carbons (Fsp3) is 0.407. The van der Waals surface area contributed by atoms with E-state index in [4.69, 9.17) is 16.3 Å². The van der Waals surface area contributed by atoms with E-state index in [1.54, 1.807) is 0 Å². The van der Waals surface area contributed by atoms with Crippen molar-refractivity contribution in [2.24, 2.45) is 5.41 Å². The van der Waals surface area contributed by atoms with Crippen LogP contribution in [0.4, 0.5) is 0 Å². The van der Waals surface area contributed by atoms with E-state index >= 15 is 0 Å². The first-order chi connectivity index (χ1) is 16.4. The van der Waals surface area contributed by atoms with Crippen LogP contribution in [-0.4, -0.2) is 48.2 Å². The summed E-state index contributed by atoms with van der Waals surface area (Å²) in [7, 11) is 0. The van der Waals surface area contributed by atoms with Crippen LogP contribution in [0.1, 0.15) is 47.1 Å². The number of nitriles is 1. The number of hydrogen-bond donors (Lipinski definition) is 1. The van der Waals surface area contributed by atoms with Crippen molar-refractivity contribution in [3.63, 3.8) is 0 Å². The summed E-state index contributed by atoms with van der Waals surface area (Å²) in [5, 5.41) is 14.3. The molecule has 1 atom stereocenters. The molecule has 1 saturated heterocycles. The fourth-order valence-electron chi connectivity index (χ4n) is 5.32. The first-order valence-electron chi connectivity index (χ1n) is 11.8. The van der Waals surface area contributed by atoms with Crippen molar-refractivity contribution < 1.29 is 9.53 Å². The monoisotopic (exact) mass is 476 g/mol. The first kappa shape index (κ1) is 22.9. The number of amides is 1. The van der Waals surface area contributed by atoms with Crippen LogP contribution in [0.3, 0.4) is 0 Å². The molecule has 0 spiro atoms. The standard InChI is InChI=1S/C27H29ClN4O2/c1-27(2)16-19-4-3-18(17-29)13-22(19)25(27)30-26(33)24-15-20-14-21(28)5-6-23(20)32(24)8-7-31-9-11-34-12-10-31/h3-6,13-15,25H,7-12,16H2,1-2H3,(H,30,33)/t25-/m0/s1. The largest absolute Gasteiger partial charge is 0.379 e. The first-order valence-corrected chi connectivity index (χ1v) is 12.2. The molecule has 176 valence electrons. The number of nitrogens with one attached hydrogen (secondary N) is 1. The van der Waals surface area contributed by atoms with Gasteiger partial charge in [-0.1, -0.05) is 31.5 Å². The Kier molecular flexibility index (Phi) is 6.11. The van der Waals surface area contributed by atoms with E-state index < -0.39 is 0 Å². The summed E-state index contributed by atoms with van der Waals surface area (Å²) < 4.78 is 7.58. The Morgan fingerprint density at radius 1 is 1.18 bits per heavy atom. The van der Waals surface area contributed by atoms with Crippen molar-refractivity contribution in [1.82, 2.24) is 14.8 Å². The molecule has 1 N–H and O–H groups in total. The van der Waals surface area contributed by atoms with Gasteiger partial charge >= 0.3 is 0 Å². The molecule has 34 heavy (non-hydrogen) atoms. The molecule has 0 saturated carbocycles. The van der Waals surface area contributed by atoms with E-state index in [2.05, 4.69) is 34.7 Å². The lowest BCUT2D eigenvalue weighted by Gasteiger charge is -2.29. The number of carbonyl (C=O) groups is 1. The summed E-state index contributed by atoms with van der Waals surface area (Å²) in [5.74, 6) is -0.109. The summed E-state index contributed by atoms with van der Waals surface area (Å²) >= 11 is 6.26. The average Bonchev–Trinajstić information content (AvgIpc) is 3.31. The van der Waals surface area contributed by atoms with E-state index in [9.17, 15) is 10.1 Å². The predicted molar refractivity (Wildman–Crippen MR) is 133 cm³/mol. The van der Waals surface area contributed by atoms with Crippen molar-refractivity contribution in [3.8, 4) is 6.07 Å². The van der Waals surface area contributed by atoms with Crippen LogP contribution in [0, 0.1) is 16.7 Å². The molecule has 7 heteroatoms. The third kappa shape index (κ3) is 4.32. The van der Waals surface area contributed by atoms with Crippen molar-refractivity contribution >= 4 is 28.4 Å². The van der Waals surface area contributed by atoms with E-state index in [1.165, 1.54) is 5.56 Å². The Bertz CT molecular complexity index is 1280. The van der Waals surface area contributed by atoms with E-state index in [0.717, 1.165) is 55.7 Å². The summed E-state index contributed by atoms with van der Waals surface area (Å²) in [4.78, 5) is 16.1. The molecule has 0 radical (unpaired) electrons. The number of carbonyl (C=O) groups excluding carboxylic acids is 1. The number of rotatable bonds is 5. The van der Waals surface area contributed by atoms with Crippen LogP contribution < -0.4 is 5.32 Å². The highest BCUT2D eigenvalue weighted by Gasteiger charge is 2.40. The van der Waals surface area contributed by atoms with Crippen LogP contribution in [0.25, 0.3) is 10.9 Å². The molecule has 0 unspecified atom stereocenters. The van der Waals surface area contributed by atoms with Gasteiger partial charge in [-0.05, 0) is 59.4 Å². The molecule has 1 aromatic heterocycles. The van der Waals surface area contributed by atoms with Gasteiger partial charge in [-0.25, -0.2) is 0 Å². The maximum atomic E-state index is 13.7. The predicted octanol–water partition coefficient (Wildman–Crippen LogP) is 4.55. The van der Waals surface area contributed by atoms with Crippen LogP contribution in [0.5, 0.6) is 0 Å². The second-order valence-corrected chi connectivity index (χ2v) is 10.4. The number of aromatic nitrogens is 1. The Labute approximate surface area is 205 Å². The average molecular weight is 477 g/mol.